The Hall–Kier alpha value is -1.52. The Bertz CT molecular complexity index is 360. The van der Waals surface area contributed by atoms with Crippen LogP contribution in [0.1, 0.15) is 5.56 Å². The maximum Gasteiger partial charge on any atom is 0.343 e. The Balaban J connectivity index is 2.59. The van der Waals surface area contributed by atoms with Crippen LogP contribution in [0.5, 0.6) is 0 Å². The monoisotopic (exact) mass is 162 g/mol. The number of hydrogen-bond acceptors (Lipinski definition) is 3. The fourth-order valence-electron chi connectivity index (χ4n) is 1.10. The molecule has 0 bridgehead atoms. The maximum atomic E-state index is 11.2. The summed E-state index contributed by atoms with van der Waals surface area (Å²) in [4.78, 5) is 14.7. The Labute approximate surface area is 68.7 Å². The number of carbonyl (C=O) groups excluding carboxylic acids is 1. The molecule has 4 heteroatoms. The Kier molecular flexibility index (Phi) is 1.49. The number of hydroxylamine groups is 1. The van der Waals surface area contributed by atoms with Crippen molar-refractivity contribution in [1.29, 1.82) is 0 Å². The van der Waals surface area contributed by atoms with Crippen molar-refractivity contribution in [3.63, 3.8) is 0 Å². The number of aromatic nitrogens is 1. The molecule has 2 rings (SSSR count). The molecular weight excluding hydrogens is 156 g/mol. The summed E-state index contributed by atoms with van der Waals surface area (Å²) in [5.41, 5.74) is 0.710. The number of hydrogen-bond donors (Lipinski definition) is 1. The number of pyridine rings is 1. The molecule has 2 heterocycles. The van der Waals surface area contributed by atoms with Gasteiger partial charge in [-0.1, -0.05) is 0 Å². The third-order valence-electron chi connectivity index (χ3n) is 1.69. The summed E-state index contributed by atoms with van der Waals surface area (Å²) in [5, 5.41) is 10.6. The first-order chi connectivity index (χ1) is 5.79. The van der Waals surface area contributed by atoms with Crippen LogP contribution in [0.15, 0.2) is 24.4 Å². The van der Waals surface area contributed by atoms with Crippen LogP contribution >= 0.6 is 0 Å². The lowest BCUT2D eigenvalue weighted by molar-refractivity contribution is -0.689. The topological polar surface area (TPSA) is 57.5 Å². The first-order valence-electron chi connectivity index (χ1n) is 3.51. The summed E-state index contributed by atoms with van der Waals surface area (Å²) in [6.07, 6.45) is 4.38. The molecule has 1 aliphatic rings. The molecule has 0 fully saturated rings. The Morgan fingerprint density at radius 3 is 3.08 bits per heavy atom. The summed E-state index contributed by atoms with van der Waals surface area (Å²) in [5.74, 6) is -0.244. The molecule has 0 aliphatic carbocycles. The summed E-state index contributed by atoms with van der Waals surface area (Å²) in [6, 6.07) is 3.48. The van der Waals surface area contributed by atoms with Crippen LogP contribution in [0, 0.1) is 5.21 Å². The van der Waals surface area contributed by atoms with Gasteiger partial charge in [-0.2, -0.15) is 0 Å². The zero-order chi connectivity index (χ0) is 8.55. The molecule has 1 amide bonds. The molecule has 1 aromatic rings. The molecule has 4 nitrogen and oxygen atoms in total. The van der Waals surface area contributed by atoms with Gasteiger partial charge in [0.1, 0.15) is 0 Å². The van der Waals surface area contributed by atoms with E-state index in [0.29, 0.717) is 5.56 Å². The SMILES string of the molecule is O=C1C=Cc2cccnc2[NH+]1[O-]. The minimum atomic E-state index is -0.520. The van der Waals surface area contributed by atoms with E-state index < -0.39 is 11.0 Å². The number of carbonyl (C=O) groups is 1. The smallest absolute Gasteiger partial charge is 0.343 e. The number of fused-ring (bicyclic) bond motifs is 1. The van der Waals surface area contributed by atoms with Crippen molar-refractivity contribution in [3.05, 3.63) is 35.2 Å². The standard InChI is InChI=1S/C8H6N2O2/c11-7-4-3-6-2-1-5-9-8(6)10(7)12/h1-5,10H. The van der Waals surface area contributed by atoms with Crippen LogP contribution in [-0.2, 0) is 4.79 Å². The second kappa shape index (κ2) is 2.51. The second-order valence-electron chi connectivity index (χ2n) is 2.47. The summed E-state index contributed by atoms with van der Waals surface area (Å²) in [6.45, 7) is 0. The van der Waals surface area contributed by atoms with Crippen molar-refractivity contribution in [3.8, 4) is 0 Å². The maximum absolute atomic E-state index is 11.2. The van der Waals surface area contributed by atoms with Gasteiger partial charge in [-0.3, -0.25) is 5.06 Å². The van der Waals surface area contributed by atoms with Crippen molar-refractivity contribution in [2.75, 3.05) is 0 Å². The molecule has 0 radical (unpaired) electrons. The number of amides is 1. The highest BCUT2D eigenvalue weighted by Crippen LogP contribution is 2.11. The van der Waals surface area contributed by atoms with E-state index in [1.54, 1.807) is 18.2 Å². The molecule has 0 aromatic carbocycles. The first kappa shape index (κ1) is 7.15. The van der Waals surface area contributed by atoms with Crippen molar-refractivity contribution < 1.29 is 9.86 Å². The number of nitrogens with one attached hydrogen (secondary N) is 1. The van der Waals surface area contributed by atoms with Crippen LogP contribution in [-0.4, -0.2) is 10.9 Å². The molecular formula is C8H6N2O2. The van der Waals surface area contributed by atoms with Crippen molar-refractivity contribution in [1.82, 2.24) is 4.98 Å². The predicted octanol–water partition coefficient (Wildman–Crippen LogP) is -0.351. The van der Waals surface area contributed by atoms with E-state index in [4.69, 9.17) is 0 Å². The average Bonchev–Trinajstić information content (AvgIpc) is 2.12. The largest absolute Gasteiger partial charge is 0.620 e. The van der Waals surface area contributed by atoms with Gasteiger partial charge in [-0.25, -0.2) is 9.78 Å². The highest BCUT2D eigenvalue weighted by Gasteiger charge is 2.19. The summed E-state index contributed by atoms with van der Waals surface area (Å²) in [7, 11) is 0. The van der Waals surface area contributed by atoms with Gasteiger partial charge in [0.05, 0.1) is 5.56 Å². The van der Waals surface area contributed by atoms with Gasteiger partial charge in [-0.05, 0) is 18.2 Å². The zero-order valence-electron chi connectivity index (χ0n) is 6.15. The van der Waals surface area contributed by atoms with E-state index in [9.17, 15) is 10.0 Å². The number of rotatable bonds is 0. The third-order valence-corrected chi connectivity index (χ3v) is 1.69. The minimum Gasteiger partial charge on any atom is -0.620 e. The van der Waals surface area contributed by atoms with Crippen LogP contribution in [0.3, 0.4) is 0 Å². The molecule has 1 N–H and O–H groups in total. The Morgan fingerprint density at radius 1 is 1.42 bits per heavy atom. The molecule has 12 heavy (non-hydrogen) atoms. The lowest BCUT2D eigenvalue weighted by Crippen LogP contribution is -3.05. The highest BCUT2D eigenvalue weighted by molar-refractivity contribution is 5.90. The zero-order valence-corrected chi connectivity index (χ0v) is 6.15. The van der Waals surface area contributed by atoms with Gasteiger partial charge in [0.2, 0.25) is 5.82 Å². The number of quaternary nitrogens is 1. The molecule has 1 atom stereocenters. The van der Waals surface area contributed by atoms with Gasteiger partial charge < -0.3 is 5.21 Å². The fraction of sp³-hybridized carbons (Fsp3) is 0. The second-order valence-corrected chi connectivity index (χ2v) is 2.47. The fourth-order valence-corrected chi connectivity index (χ4v) is 1.10. The highest BCUT2D eigenvalue weighted by atomic mass is 16.5. The van der Waals surface area contributed by atoms with Crippen LogP contribution in [0.2, 0.25) is 0 Å². The van der Waals surface area contributed by atoms with E-state index >= 15 is 0 Å². The third kappa shape index (κ3) is 0.939. The molecule has 0 spiro atoms. The van der Waals surface area contributed by atoms with Crippen LogP contribution in [0.25, 0.3) is 6.08 Å². The van der Waals surface area contributed by atoms with Crippen LogP contribution < -0.4 is 5.06 Å². The minimum absolute atomic E-state index is 0.255. The average molecular weight is 162 g/mol. The first-order valence-corrected chi connectivity index (χ1v) is 3.51. The lowest BCUT2D eigenvalue weighted by Gasteiger charge is -2.20. The van der Waals surface area contributed by atoms with Crippen molar-refractivity contribution in [2.24, 2.45) is 0 Å². The normalized spacial score (nSPS) is 20.8. The molecule has 0 saturated heterocycles. The van der Waals surface area contributed by atoms with Crippen LogP contribution in [0.4, 0.5) is 5.82 Å². The Morgan fingerprint density at radius 2 is 2.25 bits per heavy atom. The van der Waals surface area contributed by atoms with Crippen molar-refractivity contribution in [2.45, 2.75) is 0 Å². The van der Waals surface area contributed by atoms with Gasteiger partial charge in [0.15, 0.2) is 0 Å². The molecule has 1 aliphatic heterocycles. The van der Waals surface area contributed by atoms with E-state index in [1.807, 2.05) is 0 Å². The van der Waals surface area contributed by atoms with E-state index in [-0.39, 0.29) is 5.82 Å². The van der Waals surface area contributed by atoms with E-state index in [1.165, 1.54) is 12.3 Å². The van der Waals surface area contributed by atoms with Gasteiger partial charge in [0, 0.05) is 12.3 Å². The summed E-state index contributed by atoms with van der Waals surface area (Å²) >= 11 is 0. The number of nitrogens with zero attached hydrogens (tertiary/aromatic N) is 1. The van der Waals surface area contributed by atoms with Gasteiger partial charge in [0.25, 0.3) is 0 Å². The predicted molar refractivity (Wildman–Crippen MR) is 42.3 cm³/mol. The quantitative estimate of drug-likeness (QED) is 0.530. The molecule has 1 unspecified atom stereocenters. The molecule has 60 valence electrons. The van der Waals surface area contributed by atoms with E-state index in [0.717, 1.165) is 0 Å². The van der Waals surface area contributed by atoms with E-state index in [2.05, 4.69) is 4.98 Å². The van der Waals surface area contributed by atoms with Crippen molar-refractivity contribution >= 4 is 17.8 Å². The molecule has 0 saturated carbocycles. The summed E-state index contributed by atoms with van der Waals surface area (Å²) < 4.78 is 0. The lowest BCUT2D eigenvalue weighted by atomic mass is 10.2. The van der Waals surface area contributed by atoms with Gasteiger partial charge in [-0.15, -0.1) is 0 Å². The van der Waals surface area contributed by atoms with Gasteiger partial charge >= 0.3 is 5.91 Å². The molecule has 1 aromatic heterocycles.